The first-order valence-corrected chi connectivity index (χ1v) is 10.4. The summed E-state index contributed by atoms with van der Waals surface area (Å²) in [4.78, 5) is 12.7. The van der Waals surface area contributed by atoms with Gasteiger partial charge in [-0.2, -0.15) is 8.78 Å². The Hall–Kier alpha value is -3.12. The van der Waals surface area contributed by atoms with E-state index in [0.717, 1.165) is 11.0 Å². The number of anilines is 2. The number of aliphatic hydroxyl groups excluding tert-OH is 1. The number of carbonyl (C=O) groups excluding carboxylic acids is 1. The average molecular weight is 488 g/mol. The van der Waals surface area contributed by atoms with E-state index in [-0.39, 0.29) is 49.7 Å². The maximum atomic E-state index is 14.4. The topological polar surface area (TPSA) is 91.3 Å². The Morgan fingerprint density at radius 1 is 1.15 bits per heavy atom. The van der Waals surface area contributed by atoms with Crippen molar-refractivity contribution in [2.45, 2.75) is 37.6 Å². The molecule has 4 rings (SSSR count). The summed E-state index contributed by atoms with van der Waals surface area (Å²) >= 11 is 0. The molecule has 2 aliphatic rings. The van der Waals surface area contributed by atoms with Crippen molar-refractivity contribution in [2.75, 3.05) is 29.9 Å². The summed E-state index contributed by atoms with van der Waals surface area (Å²) < 4.78 is 77.2. The van der Waals surface area contributed by atoms with E-state index in [4.69, 9.17) is 4.74 Å². The molecule has 2 atom stereocenters. The van der Waals surface area contributed by atoms with Crippen molar-refractivity contribution in [3.8, 4) is 11.5 Å². The van der Waals surface area contributed by atoms with Gasteiger partial charge < -0.3 is 29.9 Å². The number of rotatable bonds is 6. The molecule has 0 saturated carbocycles. The molecule has 34 heavy (non-hydrogen) atoms. The predicted molar refractivity (Wildman–Crippen MR) is 110 cm³/mol. The molecule has 1 fully saturated rings. The van der Waals surface area contributed by atoms with Gasteiger partial charge in [-0.3, -0.25) is 4.79 Å². The van der Waals surface area contributed by atoms with Gasteiger partial charge in [-0.05, 0) is 25.0 Å². The van der Waals surface area contributed by atoms with Crippen LogP contribution in [0.1, 0.15) is 18.4 Å². The van der Waals surface area contributed by atoms with E-state index in [0.29, 0.717) is 17.7 Å². The van der Waals surface area contributed by atoms with Crippen LogP contribution in [0.4, 0.5) is 33.3 Å². The molecule has 0 spiro atoms. The number of alkyl halides is 2. The van der Waals surface area contributed by atoms with E-state index in [2.05, 4.69) is 10.1 Å². The Kier molecular flexibility index (Phi) is 6.54. The third kappa shape index (κ3) is 4.73. The van der Waals surface area contributed by atoms with E-state index >= 15 is 0 Å². The maximum absolute atomic E-state index is 14.4. The molecule has 0 unspecified atom stereocenters. The molecule has 0 aliphatic carbocycles. The fourth-order valence-corrected chi connectivity index (χ4v) is 4.11. The number of aliphatic hydroxyl groups is 2. The highest BCUT2D eigenvalue weighted by molar-refractivity contribution is 5.94. The highest BCUT2D eigenvalue weighted by Crippen LogP contribution is 2.36. The smallest absolute Gasteiger partial charge is 0.387 e. The predicted octanol–water partition coefficient (Wildman–Crippen LogP) is 2.97. The molecule has 0 radical (unpaired) electrons. The Labute approximate surface area is 190 Å². The van der Waals surface area contributed by atoms with E-state index < -0.39 is 53.8 Å². The molecule has 12 heteroatoms. The number of nitrogens with one attached hydrogen (secondary N) is 1. The molecule has 2 aromatic carbocycles. The number of amides is 1. The molecule has 0 aromatic heterocycles. The van der Waals surface area contributed by atoms with Crippen molar-refractivity contribution in [1.29, 1.82) is 0 Å². The highest BCUT2D eigenvalue weighted by Gasteiger charge is 2.43. The molecule has 7 nitrogen and oxygen atoms in total. The number of halogens is 5. The van der Waals surface area contributed by atoms with Crippen LogP contribution in [0.25, 0.3) is 0 Å². The zero-order valence-corrected chi connectivity index (χ0v) is 17.7. The number of ether oxygens (including phenoxy) is 2. The minimum absolute atomic E-state index is 0.00123. The molecular formula is C22H21F5N2O5. The van der Waals surface area contributed by atoms with Gasteiger partial charge in [0.15, 0.2) is 11.6 Å². The molecule has 2 aliphatic heterocycles. The monoisotopic (exact) mass is 488 g/mol. The number of piperidine rings is 1. The Morgan fingerprint density at radius 3 is 2.50 bits per heavy atom. The number of nitrogens with zero attached hydrogens (tertiary/aromatic N) is 1. The Morgan fingerprint density at radius 2 is 1.85 bits per heavy atom. The summed E-state index contributed by atoms with van der Waals surface area (Å²) in [5.41, 5.74) is -1.92. The summed E-state index contributed by atoms with van der Waals surface area (Å²) in [5.74, 6) is -3.75. The summed E-state index contributed by atoms with van der Waals surface area (Å²) in [6.45, 7) is -4.11. The van der Waals surface area contributed by atoms with Crippen molar-refractivity contribution in [3.63, 3.8) is 0 Å². The van der Waals surface area contributed by atoms with Crippen molar-refractivity contribution >= 4 is 17.3 Å². The average Bonchev–Trinajstić information content (AvgIpc) is 2.75. The van der Waals surface area contributed by atoms with Crippen LogP contribution in [0.15, 0.2) is 24.3 Å². The SMILES string of the molecule is O=C1CCc2c(OC[C@]3(O)CCN(c4c(F)cc(OC(F)F)cc4F)C[C@H]3O)ccc(F)c2N1. The first-order valence-electron chi connectivity index (χ1n) is 10.4. The first kappa shape index (κ1) is 24.0. The van der Waals surface area contributed by atoms with Gasteiger partial charge in [-0.1, -0.05) is 0 Å². The quantitative estimate of drug-likeness (QED) is 0.542. The lowest BCUT2D eigenvalue weighted by Crippen LogP contribution is -2.58. The van der Waals surface area contributed by atoms with Gasteiger partial charge in [0.2, 0.25) is 5.91 Å². The van der Waals surface area contributed by atoms with Gasteiger partial charge in [0.1, 0.15) is 41.3 Å². The lowest BCUT2D eigenvalue weighted by molar-refractivity contribution is -0.116. The molecule has 0 bridgehead atoms. The number of benzene rings is 2. The number of fused-ring (bicyclic) bond motifs is 1. The third-order valence-electron chi connectivity index (χ3n) is 5.92. The van der Waals surface area contributed by atoms with Gasteiger partial charge in [-0.15, -0.1) is 0 Å². The van der Waals surface area contributed by atoms with Gasteiger partial charge in [0.05, 0.1) is 5.69 Å². The first-order chi connectivity index (χ1) is 16.1. The molecule has 2 heterocycles. The maximum Gasteiger partial charge on any atom is 0.387 e. The number of hydrogen-bond donors (Lipinski definition) is 3. The number of hydrogen-bond acceptors (Lipinski definition) is 6. The molecule has 184 valence electrons. The van der Waals surface area contributed by atoms with Gasteiger partial charge in [0.25, 0.3) is 0 Å². The highest BCUT2D eigenvalue weighted by atomic mass is 19.3. The van der Waals surface area contributed by atoms with Gasteiger partial charge in [0, 0.05) is 37.2 Å². The lowest BCUT2D eigenvalue weighted by atomic mass is 9.89. The summed E-state index contributed by atoms with van der Waals surface area (Å²) in [6.07, 6.45) is -1.28. The summed E-state index contributed by atoms with van der Waals surface area (Å²) in [5, 5.41) is 23.9. The number of β-amino-alcohol motifs (C(OH)–C–C–N with tert-alkyl or cyclic N) is 1. The van der Waals surface area contributed by atoms with Crippen molar-refractivity contribution in [3.05, 3.63) is 47.3 Å². The summed E-state index contributed by atoms with van der Waals surface area (Å²) in [7, 11) is 0. The van der Waals surface area contributed by atoms with Crippen LogP contribution in [0.3, 0.4) is 0 Å². The lowest BCUT2D eigenvalue weighted by Gasteiger charge is -2.42. The zero-order chi connectivity index (χ0) is 24.6. The Balaban J connectivity index is 1.46. The van der Waals surface area contributed by atoms with Crippen LogP contribution in [0.5, 0.6) is 11.5 Å². The minimum Gasteiger partial charge on any atom is -0.490 e. The zero-order valence-electron chi connectivity index (χ0n) is 17.7. The molecule has 1 amide bonds. The van der Waals surface area contributed by atoms with Crippen LogP contribution >= 0.6 is 0 Å². The second-order valence-electron chi connectivity index (χ2n) is 8.17. The molecule has 1 saturated heterocycles. The standard InChI is InChI=1S/C22H21F5N2O5/c23-13-2-3-16(12-1-4-18(31)28-19(12)13)33-10-22(32)5-6-29(9-17(22)30)20-14(24)7-11(8-15(20)25)34-21(26)27/h2-3,7-8,17,21,30,32H,1,4-6,9-10H2,(H,28,31)/t17-,22-/m1/s1. The largest absolute Gasteiger partial charge is 0.490 e. The van der Waals surface area contributed by atoms with Gasteiger partial charge in [-0.25, -0.2) is 13.2 Å². The van der Waals surface area contributed by atoms with Crippen LogP contribution in [-0.4, -0.2) is 54.1 Å². The fraction of sp³-hybridized carbons (Fsp3) is 0.409. The normalized spacial score (nSPS) is 22.4. The minimum atomic E-state index is -3.25. The van der Waals surface area contributed by atoms with E-state index in [1.165, 1.54) is 6.07 Å². The molecule has 2 aromatic rings. The van der Waals surface area contributed by atoms with Crippen molar-refractivity contribution in [2.24, 2.45) is 0 Å². The fourth-order valence-electron chi connectivity index (χ4n) is 4.11. The summed E-state index contributed by atoms with van der Waals surface area (Å²) in [6, 6.07) is 3.68. The third-order valence-corrected chi connectivity index (χ3v) is 5.92. The van der Waals surface area contributed by atoms with Crippen LogP contribution in [-0.2, 0) is 11.2 Å². The van der Waals surface area contributed by atoms with Crippen molar-refractivity contribution in [1.82, 2.24) is 0 Å². The van der Waals surface area contributed by atoms with Crippen molar-refractivity contribution < 1.29 is 46.4 Å². The molecule has 3 N–H and O–H groups in total. The molecular weight excluding hydrogens is 467 g/mol. The van der Waals surface area contributed by atoms with Crippen LogP contribution in [0, 0.1) is 17.5 Å². The van der Waals surface area contributed by atoms with Crippen LogP contribution < -0.4 is 19.7 Å². The Bertz CT molecular complexity index is 1080. The van der Waals surface area contributed by atoms with Crippen LogP contribution in [0.2, 0.25) is 0 Å². The van der Waals surface area contributed by atoms with E-state index in [9.17, 15) is 37.0 Å². The number of carbonyl (C=O) groups is 1. The van der Waals surface area contributed by atoms with E-state index in [1.807, 2.05) is 0 Å². The van der Waals surface area contributed by atoms with Gasteiger partial charge >= 0.3 is 6.61 Å². The second-order valence-corrected chi connectivity index (χ2v) is 8.17. The van der Waals surface area contributed by atoms with E-state index in [1.54, 1.807) is 0 Å². The second kappa shape index (κ2) is 9.26.